The van der Waals surface area contributed by atoms with E-state index < -0.39 is 11.6 Å². The van der Waals surface area contributed by atoms with Crippen molar-refractivity contribution in [1.82, 2.24) is 0 Å². The fraction of sp³-hybridized carbons (Fsp3) is 0.316. The van der Waals surface area contributed by atoms with Crippen molar-refractivity contribution in [3.05, 3.63) is 65.2 Å². The minimum Gasteiger partial charge on any atom is -0.380 e. The highest BCUT2D eigenvalue weighted by Gasteiger charge is 2.46. The number of nitrogens with two attached hydrogens (primary N) is 1. The summed E-state index contributed by atoms with van der Waals surface area (Å²) in [5, 5.41) is 3.06. The minimum absolute atomic E-state index is 0. The van der Waals surface area contributed by atoms with Crippen LogP contribution < -0.4 is 11.1 Å². The van der Waals surface area contributed by atoms with E-state index in [4.69, 9.17) is 10.5 Å². The molecule has 0 spiro atoms. The Morgan fingerprint density at radius 3 is 2.62 bits per heavy atom. The number of rotatable bonds is 6. The summed E-state index contributed by atoms with van der Waals surface area (Å²) in [4.78, 5) is 4.38. The lowest BCUT2D eigenvalue weighted by Crippen LogP contribution is -2.25. The van der Waals surface area contributed by atoms with Crippen LogP contribution in [-0.4, -0.2) is 19.6 Å². The summed E-state index contributed by atoms with van der Waals surface area (Å²) in [5.41, 5.74) is 7.91. The molecule has 4 nitrogen and oxygen atoms in total. The fourth-order valence-corrected chi connectivity index (χ4v) is 2.92. The number of para-hydroxylation sites is 1. The maximum atomic E-state index is 14.0. The molecule has 0 atom stereocenters. The molecule has 0 amide bonds. The zero-order valence-electron chi connectivity index (χ0n) is 14.5. The summed E-state index contributed by atoms with van der Waals surface area (Å²) in [6, 6.07) is 11.4. The third kappa shape index (κ3) is 4.70. The van der Waals surface area contributed by atoms with Crippen molar-refractivity contribution >= 4 is 35.6 Å². The highest BCUT2D eigenvalue weighted by atomic mass is 127. The molecule has 0 aliphatic heterocycles. The molecule has 0 heterocycles. The lowest BCUT2D eigenvalue weighted by Gasteiger charge is -2.15. The van der Waals surface area contributed by atoms with Gasteiger partial charge in [-0.1, -0.05) is 24.3 Å². The van der Waals surface area contributed by atoms with Crippen molar-refractivity contribution < 1.29 is 13.5 Å². The van der Waals surface area contributed by atoms with E-state index in [2.05, 4.69) is 10.3 Å². The van der Waals surface area contributed by atoms with Crippen molar-refractivity contribution in [2.45, 2.75) is 24.9 Å². The number of aliphatic imine (C=N–C) groups is 1. The molecule has 0 unspecified atom stereocenters. The molecule has 0 bridgehead atoms. The van der Waals surface area contributed by atoms with Crippen LogP contribution >= 0.6 is 24.0 Å². The second-order valence-electron chi connectivity index (χ2n) is 6.32. The maximum Gasteiger partial charge on any atom is 0.193 e. The van der Waals surface area contributed by atoms with Gasteiger partial charge in [-0.25, -0.2) is 8.78 Å². The van der Waals surface area contributed by atoms with Gasteiger partial charge in [0.15, 0.2) is 5.96 Å². The predicted molar refractivity (Wildman–Crippen MR) is 110 cm³/mol. The number of halogens is 3. The van der Waals surface area contributed by atoms with Gasteiger partial charge in [-0.3, -0.25) is 4.99 Å². The Kier molecular flexibility index (Phi) is 6.94. The van der Waals surface area contributed by atoms with E-state index in [1.165, 1.54) is 12.1 Å². The monoisotopic (exact) mass is 473 g/mol. The molecule has 0 saturated heterocycles. The first-order valence-corrected chi connectivity index (χ1v) is 8.13. The smallest absolute Gasteiger partial charge is 0.193 e. The van der Waals surface area contributed by atoms with Gasteiger partial charge in [0.05, 0.1) is 13.2 Å². The van der Waals surface area contributed by atoms with Crippen LogP contribution in [0, 0.1) is 11.6 Å². The Hall–Kier alpha value is -1.74. The first kappa shape index (κ1) is 20.6. The lowest BCUT2D eigenvalue weighted by molar-refractivity contribution is 0.185. The molecule has 1 aliphatic rings. The van der Waals surface area contributed by atoms with Gasteiger partial charge in [0.25, 0.3) is 0 Å². The van der Waals surface area contributed by atoms with Crippen LogP contribution in [0.25, 0.3) is 0 Å². The van der Waals surface area contributed by atoms with E-state index >= 15 is 0 Å². The van der Waals surface area contributed by atoms with Gasteiger partial charge < -0.3 is 15.8 Å². The van der Waals surface area contributed by atoms with Gasteiger partial charge in [-0.15, -0.1) is 24.0 Å². The third-order valence-corrected chi connectivity index (χ3v) is 4.49. The summed E-state index contributed by atoms with van der Waals surface area (Å²) in [7, 11) is 1.63. The third-order valence-electron chi connectivity index (χ3n) is 4.49. The topological polar surface area (TPSA) is 59.6 Å². The lowest BCUT2D eigenvalue weighted by atomic mass is 9.95. The molecular formula is C19H22F2IN3O. The number of nitrogens with one attached hydrogen (secondary N) is 1. The van der Waals surface area contributed by atoms with Gasteiger partial charge >= 0.3 is 0 Å². The van der Waals surface area contributed by atoms with Gasteiger partial charge in [-0.05, 0) is 30.5 Å². The molecule has 140 valence electrons. The predicted octanol–water partition coefficient (Wildman–Crippen LogP) is 4.19. The average molecular weight is 473 g/mol. The number of anilines is 1. The molecule has 7 heteroatoms. The van der Waals surface area contributed by atoms with Gasteiger partial charge in [0.2, 0.25) is 0 Å². The highest BCUT2D eigenvalue weighted by molar-refractivity contribution is 14.0. The Morgan fingerprint density at radius 2 is 1.96 bits per heavy atom. The van der Waals surface area contributed by atoms with Crippen molar-refractivity contribution in [3.63, 3.8) is 0 Å². The molecule has 3 N–H and O–H groups in total. The second kappa shape index (κ2) is 8.77. The number of guanidine groups is 1. The molecule has 26 heavy (non-hydrogen) atoms. The van der Waals surface area contributed by atoms with Crippen LogP contribution in [0.1, 0.15) is 24.0 Å². The summed E-state index contributed by atoms with van der Waals surface area (Å²) in [5.74, 6) is -0.835. The van der Waals surface area contributed by atoms with Crippen LogP contribution in [0.5, 0.6) is 0 Å². The standard InChI is InChI=1S/C19H21F2N3O.HI/c1-25-11-13-4-2-3-5-17(13)24-18(22)23-12-19(8-9-19)15-7-6-14(20)10-16(15)21;/h2-7,10H,8-9,11-12H2,1H3,(H3,22,23,24);1H. The van der Waals surface area contributed by atoms with E-state index in [1.807, 2.05) is 24.3 Å². The Balaban J connectivity index is 0.00000243. The zero-order valence-corrected chi connectivity index (χ0v) is 16.8. The normalized spacial score (nSPS) is 15.3. The number of nitrogens with zero attached hydrogens (tertiary/aromatic N) is 1. The fourth-order valence-electron chi connectivity index (χ4n) is 2.92. The van der Waals surface area contributed by atoms with Gasteiger partial charge in [0.1, 0.15) is 11.6 Å². The molecule has 0 radical (unpaired) electrons. The number of methoxy groups -OCH3 is 1. The minimum atomic E-state index is -0.573. The Morgan fingerprint density at radius 1 is 1.23 bits per heavy atom. The first-order chi connectivity index (χ1) is 12.0. The number of benzene rings is 2. The number of hydrogen-bond acceptors (Lipinski definition) is 2. The maximum absolute atomic E-state index is 14.0. The Bertz CT molecular complexity index is 794. The average Bonchev–Trinajstić information content (AvgIpc) is 3.36. The highest BCUT2D eigenvalue weighted by Crippen LogP contribution is 2.49. The molecule has 1 saturated carbocycles. The van der Waals surface area contributed by atoms with E-state index in [-0.39, 0.29) is 35.4 Å². The van der Waals surface area contributed by atoms with Crippen molar-refractivity contribution in [1.29, 1.82) is 0 Å². The molecule has 2 aromatic carbocycles. The Labute approximate surface area is 168 Å². The van der Waals surface area contributed by atoms with Crippen molar-refractivity contribution in [3.8, 4) is 0 Å². The van der Waals surface area contributed by atoms with Crippen LogP contribution in [0.2, 0.25) is 0 Å². The molecule has 2 aromatic rings. The summed E-state index contributed by atoms with van der Waals surface area (Å²) >= 11 is 0. The number of ether oxygens (including phenoxy) is 1. The largest absolute Gasteiger partial charge is 0.380 e. The van der Waals surface area contributed by atoms with Crippen LogP contribution in [0.3, 0.4) is 0 Å². The van der Waals surface area contributed by atoms with Gasteiger partial charge in [0, 0.05) is 29.8 Å². The first-order valence-electron chi connectivity index (χ1n) is 8.13. The van der Waals surface area contributed by atoms with Crippen LogP contribution in [0.15, 0.2) is 47.5 Å². The van der Waals surface area contributed by atoms with E-state index in [9.17, 15) is 8.78 Å². The van der Waals surface area contributed by atoms with Crippen molar-refractivity contribution in [2.75, 3.05) is 19.0 Å². The molecule has 1 fully saturated rings. The summed E-state index contributed by atoms with van der Waals surface area (Å²) in [6.45, 7) is 0.821. The molecule has 3 rings (SSSR count). The molecule has 1 aliphatic carbocycles. The van der Waals surface area contributed by atoms with E-state index in [0.717, 1.165) is 30.2 Å². The van der Waals surface area contributed by atoms with E-state index in [0.29, 0.717) is 18.7 Å². The SMILES string of the molecule is COCc1ccccc1NC(N)=NCC1(c2ccc(F)cc2F)CC1.I. The van der Waals surface area contributed by atoms with E-state index in [1.54, 1.807) is 7.11 Å². The van der Waals surface area contributed by atoms with Crippen molar-refractivity contribution in [2.24, 2.45) is 10.7 Å². The second-order valence-corrected chi connectivity index (χ2v) is 6.32. The van der Waals surface area contributed by atoms with Crippen LogP contribution in [0.4, 0.5) is 14.5 Å². The molecular weight excluding hydrogens is 451 g/mol. The zero-order chi connectivity index (χ0) is 17.9. The summed E-state index contributed by atoms with van der Waals surface area (Å²) in [6.07, 6.45) is 1.62. The van der Waals surface area contributed by atoms with Crippen LogP contribution in [-0.2, 0) is 16.8 Å². The quantitative estimate of drug-likeness (QED) is 0.376. The summed E-state index contributed by atoms with van der Waals surface area (Å²) < 4.78 is 32.3. The van der Waals surface area contributed by atoms with Gasteiger partial charge in [-0.2, -0.15) is 0 Å². The number of hydrogen-bond donors (Lipinski definition) is 2. The molecule has 0 aromatic heterocycles.